The smallest absolute Gasteiger partial charge is 0.121 e. The molecule has 3 aromatic heterocycles. The summed E-state index contributed by atoms with van der Waals surface area (Å²) in [7, 11) is -1.23. The molecule has 7 aromatic rings. The molecule has 4 aromatic carbocycles. The average Bonchev–Trinajstić information content (AvgIpc) is 3.47. The number of hydrogen-bond donors (Lipinski definition) is 0. The Labute approximate surface area is 293 Å². The topological polar surface area (TPSA) is 38.9 Å². The number of pyridine rings is 2. The summed E-state index contributed by atoms with van der Waals surface area (Å²) in [5.41, 5.74) is 9.45. The fourth-order valence-electron chi connectivity index (χ4n) is 5.64. The van der Waals surface area contributed by atoms with Crippen LogP contribution in [0.4, 0.5) is 0 Å². The van der Waals surface area contributed by atoms with Gasteiger partial charge in [-0.2, -0.15) is 0 Å². The molecule has 0 aliphatic heterocycles. The minimum absolute atomic E-state index is 0. The van der Waals surface area contributed by atoms with Gasteiger partial charge in [-0.1, -0.05) is 112 Å². The molecule has 0 fully saturated rings. The molecule has 3 heterocycles. The number of aromatic nitrogens is 2. The Morgan fingerprint density at radius 3 is 2.13 bits per heavy atom. The maximum absolute atomic E-state index is 6.34. The van der Waals surface area contributed by atoms with E-state index in [0.29, 0.717) is 5.92 Å². The quantitative estimate of drug-likeness (QED) is 0.124. The Balaban J connectivity index is 0.000000217. The fraction of sp³-hybridized carbons (Fsp3) is 0.190. The maximum Gasteiger partial charge on any atom is 0.121 e. The summed E-state index contributed by atoms with van der Waals surface area (Å²) in [6, 6.07) is 44.2. The standard InChI is InChI=1S/C28H24NO.C14H16NSi.Ir/c1-18(2)21-12-13-23-24-10-7-11-25(28(24)30-27(23)17-21)26-16-22(14-15-29-26)19(3)20-8-5-4-6-9-20;1-16(2,3)13-9-10-14(15-11-13)12-7-5-4-6-8-12;/h4-10,12-19H,1-3H3;4-7,9-11H,1-3H3;/q2*-1;. The van der Waals surface area contributed by atoms with Crippen LogP contribution in [0.3, 0.4) is 0 Å². The Morgan fingerprint density at radius 2 is 1.45 bits per heavy atom. The molecule has 1 unspecified atom stereocenters. The first kappa shape index (κ1) is 34.2. The second kappa shape index (κ2) is 14.7. The molecule has 0 aliphatic rings. The van der Waals surface area contributed by atoms with Gasteiger partial charge in [0.25, 0.3) is 0 Å². The predicted molar refractivity (Wildman–Crippen MR) is 195 cm³/mol. The zero-order valence-electron chi connectivity index (χ0n) is 27.8. The summed E-state index contributed by atoms with van der Waals surface area (Å²) in [5.74, 6) is 0.753. The van der Waals surface area contributed by atoms with Gasteiger partial charge in [-0.15, -0.1) is 54.1 Å². The molecular weight excluding hydrogens is 769 g/mol. The molecule has 239 valence electrons. The van der Waals surface area contributed by atoms with Crippen LogP contribution in [-0.4, -0.2) is 18.0 Å². The third-order valence-electron chi connectivity index (χ3n) is 8.58. The summed E-state index contributed by atoms with van der Waals surface area (Å²) in [5, 5.41) is 3.64. The first-order valence-corrected chi connectivity index (χ1v) is 19.5. The third-order valence-corrected chi connectivity index (χ3v) is 10.6. The molecule has 3 nitrogen and oxygen atoms in total. The third kappa shape index (κ3) is 7.71. The minimum Gasteiger partial charge on any atom is -0.501 e. The van der Waals surface area contributed by atoms with Crippen LogP contribution in [-0.2, 0) is 20.1 Å². The largest absolute Gasteiger partial charge is 0.501 e. The number of fused-ring (bicyclic) bond motifs is 3. The van der Waals surface area contributed by atoms with Crippen LogP contribution >= 0.6 is 0 Å². The number of furan rings is 1. The van der Waals surface area contributed by atoms with Crippen LogP contribution in [0.2, 0.25) is 19.6 Å². The second-order valence-electron chi connectivity index (χ2n) is 13.2. The van der Waals surface area contributed by atoms with Crippen LogP contribution in [0.5, 0.6) is 0 Å². The maximum atomic E-state index is 6.34. The van der Waals surface area contributed by atoms with Crippen molar-refractivity contribution in [2.24, 2.45) is 0 Å². The van der Waals surface area contributed by atoms with E-state index in [1.165, 1.54) is 21.9 Å². The molecule has 0 N–H and O–H groups in total. The Hall–Kier alpha value is -4.15. The fourth-order valence-corrected chi connectivity index (χ4v) is 6.68. The summed E-state index contributed by atoms with van der Waals surface area (Å²) < 4.78 is 6.34. The van der Waals surface area contributed by atoms with E-state index in [2.05, 4.69) is 141 Å². The van der Waals surface area contributed by atoms with Gasteiger partial charge in [-0.3, -0.25) is 0 Å². The van der Waals surface area contributed by atoms with Gasteiger partial charge in [-0.05, 0) is 51.3 Å². The molecule has 0 bridgehead atoms. The zero-order chi connectivity index (χ0) is 32.3. The Morgan fingerprint density at radius 1 is 0.660 bits per heavy atom. The minimum atomic E-state index is -1.23. The predicted octanol–water partition coefficient (Wildman–Crippen LogP) is 10.8. The molecule has 1 radical (unpaired) electrons. The van der Waals surface area contributed by atoms with Gasteiger partial charge in [0.2, 0.25) is 0 Å². The van der Waals surface area contributed by atoms with E-state index >= 15 is 0 Å². The van der Waals surface area contributed by atoms with Crippen molar-refractivity contribution in [3.8, 4) is 22.5 Å². The van der Waals surface area contributed by atoms with Crippen molar-refractivity contribution in [1.29, 1.82) is 0 Å². The van der Waals surface area contributed by atoms with E-state index in [9.17, 15) is 0 Å². The van der Waals surface area contributed by atoms with Gasteiger partial charge in [-0.25, -0.2) is 0 Å². The first-order valence-electron chi connectivity index (χ1n) is 16.0. The molecule has 7 rings (SSSR count). The van der Waals surface area contributed by atoms with Crippen molar-refractivity contribution < 1.29 is 24.5 Å². The molecule has 0 amide bonds. The summed E-state index contributed by atoms with van der Waals surface area (Å²) in [6.45, 7) is 13.6. The second-order valence-corrected chi connectivity index (χ2v) is 18.3. The van der Waals surface area contributed by atoms with Gasteiger partial charge in [0, 0.05) is 43.8 Å². The van der Waals surface area contributed by atoms with Crippen molar-refractivity contribution in [1.82, 2.24) is 9.97 Å². The van der Waals surface area contributed by atoms with E-state index in [4.69, 9.17) is 4.42 Å². The SMILES string of the molecule is CC(C)c1ccc2c(c1)oc1c(-c3cc(C(C)c4ccccc4)ccn3)[c-]ccc12.C[Si](C)(C)c1ccc(-c2[c-]cccc2)nc1.[Ir]. The van der Waals surface area contributed by atoms with E-state index in [1.54, 1.807) is 0 Å². The van der Waals surface area contributed by atoms with Gasteiger partial charge in [0.05, 0.1) is 13.7 Å². The van der Waals surface area contributed by atoms with Crippen LogP contribution in [0, 0.1) is 12.1 Å². The first-order chi connectivity index (χ1) is 22.2. The molecule has 0 aliphatic carbocycles. The number of hydrogen-bond acceptors (Lipinski definition) is 3. The molecular formula is C42H40IrN2OSi-2. The van der Waals surface area contributed by atoms with Crippen molar-refractivity contribution in [3.63, 3.8) is 0 Å². The van der Waals surface area contributed by atoms with E-state index < -0.39 is 8.07 Å². The van der Waals surface area contributed by atoms with Crippen LogP contribution in [0.15, 0.2) is 126 Å². The van der Waals surface area contributed by atoms with E-state index in [1.807, 2.05) is 42.7 Å². The van der Waals surface area contributed by atoms with Gasteiger partial charge in [0.1, 0.15) is 5.58 Å². The Kier molecular flexibility index (Phi) is 10.7. The summed E-state index contributed by atoms with van der Waals surface area (Å²) >= 11 is 0. The molecule has 47 heavy (non-hydrogen) atoms. The summed E-state index contributed by atoms with van der Waals surface area (Å²) in [4.78, 5) is 9.18. The number of benzene rings is 4. The summed E-state index contributed by atoms with van der Waals surface area (Å²) in [6.07, 6.45) is 3.90. The van der Waals surface area contributed by atoms with Gasteiger partial charge >= 0.3 is 0 Å². The van der Waals surface area contributed by atoms with Crippen LogP contribution in [0.25, 0.3) is 44.5 Å². The van der Waals surface area contributed by atoms with Gasteiger partial charge in [0.15, 0.2) is 0 Å². The van der Waals surface area contributed by atoms with Crippen molar-refractivity contribution in [3.05, 3.63) is 150 Å². The molecule has 1 atom stereocenters. The average molecular weight is 809 g/mol. The van der Waals surface area contributed by atoms with Crippen molar-refractivity contribution in [2.75, 3.05) is 0 Å². The number of rotatable bonds is 6. The van der Waals surface area contributed by atoms with E-state index in [0.717, 1.165) is 44.5 Å². The van der Waals surface area contributed by atoms with Crippen molar-refractivity contribution >= 4 is 35.2 Å². The van der Waals surface area contributed by atoms with Crippen LogP contribution < -0.4 is 5.19 Å². The normalized spacial score (nSPS) is 12.0. The van der Waals surface area contributed by atoms with Crippen molar-refractivity contribution in [2.45, 2.75) is 52.2 Å². The van der Waals surface area contributed by atoms with Gasteiger partial charge < -0.3 is 14.4 Å². The monoisotopic (exact) mass is 809 g/mol. The molecule has 0 saturated heterocycles. The molecule has 0 spiro atoms. The number of nitrogens with zero attached hydrogens (tertiary/aromatic N) is 2. The van der Waals surface area contributed by atoms with Crippen LogP contribution in [0.1, 0.15) is 49.3 Å². The van der Waals surface area contributed by atoms with E-state index in [-0.39, 0.29) is 26.0 Å². The Bertz CT molecular complexity index is 2060. The molecule has 0 saturated carbocycles. The zero-order valence-corrected chi connectivity index (χ0v) is 31.2. The molecule has 5 heteroatoms.